The fourth-order valence-corrected chi connectivity index (χ4v) is 5.79. The molecule has 2 aromatic rings. The maximum atomic E-state index is 12.6. The number of carboxylic acid groups (broad SMARTS) is 1. The zero-order chi connectivity index (χ0) is 20.3. The van der Waals surface area contributed by atoms with E-state index in [0.717, 1.165) is 5.69 Å². The lowest BCUT2D eigenvalue weighted by atomic mass is 10.3. The summed E-state index contributed by atoms with van der Waals surface area (Å²) in [6.07, 6.45) is 3.67. The van der Waals surface area contributed by atoms with Gasteiger partial charge in [-0.05, 0) is 37.2 Å². The van der Waals surface area contributed by atoms with Crippen molar-refractivity contribution in [3.05, 3.63) is 32.9 Å². The number of aliphatic carboxylic acids is 1. The Morgan fingerprint density at radius 3 is 2.96 bits per heavy atom. The second kappa shape index (κ2) is 9.31. The Kier molecular flexibility index (Phi) is 7.05. The van der Waals surface area contributed by atoms with Gasteiger partial charge in [-0.25, -0.2) is 15.0 Å². The van der Waals surface area contributed by atoms with Crippen molar-refractivity contribution in [3.8, 4) is 0 Å². The molecule has 1 saturated heterocycles. The number of carbonyl (C=O) groups is 2. The fourth-order valence-electron chi connectivity index (χ4n) is 2.18. The summed E-state index contributed by atoms with van der Waals surface area (Å²) >= 11 is 15.3. The van der Waals surface area contributed by atoms with Crippen LogP contribution in [0.5, 0.6) is 0 Å². The van der Waals surface area contributed by atoms with E-state index >= 15 is 0 Å². The molecular weight excluding hydrogens is 460 g/mol. The number of hydrogen-bond acceptors (Lipinski definition) is 9. The van der Waals surface area contributed by atoms with Crippen LogP contribution in [0, 0.1) is 6.92 Å². The van der Waals surface area contributed by atoms with E-state index in [0.29, 0.717) is 30.0 Å². The topological polar surface area (TPSA) is 96.3 Å². The Morgan fingerprint density at radius 1 is 1.46 bits per heavy atom. The van der Waals surface area contributed by atoms with Crippen LogP contribution in [0.3, 0.4) is 0 Å². The number of aryl methyl sites for hydroxylation is 1. The first kappa shape index (κ1) is 21.2. The van der Waals surface area contributed by atoms with Crippen LogP contribution in [0.2, 0.25) is 5.15 Å². The SMILES string of the molecule is Cc1ccnc(Sc2nc(Cl)c(/C=C3/SC(=S)N(CCCC(=O)O)C3=O)s2)n1. The second-order valence-corrected chi connectivity index (χ2v) is 9.83. The van der Waals surface area contributed by atoms with Crippen LogP contribution in [0.4, 0.5) is 0 Å². The summed E-state index contributed by atoms with van der Waals surface area (Å²) in [5, 5.41) is 9.60. The van der Waals surface area contributed by atoms with E-state index in [9.17, 15) is 9.59 Å². The Balaban J connectivity index is 1.73. The summed E-state index contributed by atoms with van der Waals surface area (Å²) in [5.41, 5.74) is 0.854. The van der Waals surface area contributed by atoms with Gasteiger partial charge in [-0.1, -0.05) is 35.6 Å². The average molecular weight is 473 g/mol. The number of thiazole rings is 1. The second-order valence-electron chi connectivity index (χ2n) is 5.55. The molecular formula is C16H13ClN4O3S4. The number of thiocarbonyl (C=S) groups is 1. The maximum Gasteiger partial charge on any atom is 0.303 e. The quantitative estimate of drug-likeness (QED) is 0.362. The first-order valence-corrected chi connectivity index (χ1v) is 11.2. The number of rotatable bonds is 7. The van der Waals surface area contributed by atoms with Crippen molar-refractivity contribution in [1.82, 2.24) is 19.9 Å². The molecule has 2 aromatic heterocycles. The molecule has 1 aliphatic rings. The lowest BCUT2D eigenvalue weighted by Crippen LogP contribution is -2.29. The van der Waals surface area contributed by atoms with Crippen LogP contribution in [-0.4, -0.2) is 47.7 Å². The molecule has 7 nitrogen and oxygen atoms in total. The van der Waals surface area contributed by atoms with E-state index < -0.39 is 5.97 Å². The zero-order valence-corrected chi connectivity index (χ0v) is 18.4. The van der Waals surface area contributed by atoms with Gasteiger partial charge in [-0.3, -0.25) is 14.5 Å². The molecule has 12 heteroatoms. The summed E-state index contributed by atoms with van der Waals surface area (Å²) in [6, 6.07) is 1.81. The number of hydrogen-bond donors (Lipinski definition) is 1. The van der Waals surface area contributed by atoms with Gasteiger partial charge in [-0.2, -0.15) is 0 Å². The Labute approximate surface area is 183 Å². The van der Waals surface area contributed by atoms with Crippen molar-refractivity contribution in [2.75, 3.05) is 6.54 Å². The zero-order valence-electron chi connectivity index (χ0n) is 14.4. The van der Waals surface area contributed by atoms with Crippen molar-refractivity contribution in [3.63, 3.8) is 0 Å². The van der Waals surface area contributed by atoms with Crippen LogP contribution >= 0.6 is 58.7 Å². The van der Waals surface area contributed by atoms with E-state index in [4.69, 9.17) is 28.9 Å². The molecule has 0 spiro atoms. The smallest absolute Gasteiger partial charge is 0.303 e. The summed E-state index contributed by atoms with van der Waals surface area (Å²) < 4.78 is 1.07. The molecule has 0 atom stereocenters. The first-order valence-electron chi connectivity index (χ1n) is 7.94. The van der Waals surface area contributed by atoms with Gasteiger partial charge in [0.05, 0.1) is 9.78 Å². The van der Waals surface area contributed by atoms with Gasteiger partial charge in [0, 0.05) is 24.9 Å². The number of nitrogens with zero attached hydrogens (tertiary/aromatic N) is 4. The summed E-state index contributed by atoms with van der Waals surface area (Å²) in [5.74, 6) is -1.15. The molecule has 3 heterocycles. The number of halogens is 1. The van der Waals surface area contributed by atoms with Crippen molar-refractivity contribution in [2.45, 2.75) is 29.3 Å². The summed E-state index contributed by atoms with van der Waals surface area (Å²) in [7, 11) is 0. The fraction of sp³-hybridized carbons (Fsp3) is 0.250. The minimum atomic E-state index is -0.903. The third-order valence-electron chi connectivity index (χ3n) is 3.45. The van der Waals surface area contributed by atoms with Gasteiger partial charge in [0.15, 0.2) is 9.50 Å². The molecule has 0 aliphatic carbocycles. The van der Waals surface area contributed by atoms with E-state index in [1.165, 1.54) is 39.8 Å². The predicted octanol–water partition coefficient (Wildman–Crippen LogP) is 4.11. The standard InChI is InChI=1S/C16H13ClN4O3S4/c1-8-4-5-18-14(19-8)28-15-20-12(17)9(26-15)7-10-13(24)21(16(25)27-10)6-2-3-11(22)23/h4-5,7H,2-3,6H2,1H3,(H,22,23)/b10-7+. The maximum absolute atomic E-state index is 12.6. The van der Waals surface area contributed by atoms with Gasteiger partial charge >= 0.3 is 5.97 Å². The number of carbonyl (C=O) groups excluding carboxylic acids is 1. The molecule has 0 aromatic carbocycles. The number of aromatic nitrogens is 3. The monoisotopic (exact) mass is 472 g/mol. The Morgan fingerprint density at radius 2 is 2.25 bits per heavy atom. The third-order valence-corrected chi connectivity index (χ3v) is 7.17. The largest absolute Gasteiger partial charge is 0.481 e. The highest BCUT2D eigenvalue weighted by atomic mass is 35.5. The number of thioether (sulfide) groups is 1. The van der Waals surface area contributed by atoms with Crippen LogP contribution in [0.25, 0.3) is 6.08 Å². The lowest BCUT2D eigenvalue weighted by molar-refractivity contribution is -0.137. The normalized spacial score (nSPS) is 15.6. The molecule has 146 valence electrons. The van der Waals surface area contributed by atoms with Crippen LogP contribution in [0.1, 0.15) is 23.4 Å². The van der Waals surface area contributed by atoms with Crippen molar-refractivity contribution in [2.24, 2.45) is 0 Å². The molecule has 0 saturated carbocycles. The van der Waals surface area contributed by atoms with E-state index in [-0.39, 0.29) is 24.0 Å². The van der Waals surface area contributed by atoms with Crippen molar-refractivity contribution in [1.29, 1.82) is 0 Å². The van der Waals surface area contributed by atoms with Gasteiger partial charge in [0.1, 0.15) is 9.47 Å². The molecule has 1 N–H and O–H groups in total. The number of carboxylic acids is 1. The molecule has 0 bridgehead atoms. The first-order chi connectivity index (χ1) is 13.3. The van der Waals surface area contributed by atoms with E-state index in [1.54, 1.807) is 12.3 Å². The molecule has 1 fully saturated rings. The highest BCUT2D eigenvalue weighted by Crippen LogP contribution is 2.38. The molecule has 1 amide bonds. The highest BCUT2D eigenvalue weighted by molar-refractivity contribution is 8.26. The van der Waals surface area contributed by atoms with E-state index in [1.807, 2.05) is 13.0 Å². The Bertz CT molecular complexity index is 979. The third kappa shape index (κ3) is 5.29. The van der Waals surface area contributed by atoms with Crippen LogP contribution in [-0.2, 0) is 9.59 Å². The average Bonchev–Trinajstić information content (AvgIpc) is 3.08. The summed E-state index contributed by atoms with van der Waals surface area (Å²) in [4.78, 5) is 38.5. The number of amides is 1. The van der Waals surface area contributed by atoms with Crippen LogP contribution < -0.4 is 0 Å². The van der Waals surface area contributed by atoms with E-state index in [2.05, 4.69) is 15.0 Å². The predicted molar refractivity (Wildman–Crippen MR) is 115 cm³/mol. The minimum Gasteiger partial charge on any atom is -0.481 e. The van der Waals surface area contributed by atoms with Gasteiger partial charge in [-0.15, -0.1) is 11.3 Å². The summed E-state index contributed by atoms with van der Waals surface area (Å²) in [6.45, 7) is 2.15. The molecule has 28 heavy (non-hydrogen) atoms. The highest BCUT2D eigenvalue weighted by Gasteiger charge is 2.32. The molecule has 3 rings (SSSR count). The van der Waals surface area contributed by atoms with Crippen molar-refractivity contribution < 1.29 is 14.7 Å². The lowest BCUT2D eigenvalue weighted by Gasteiger charge is -2.13. The molecule has 1 aliphatic heterocycles. The Hall–Kier alpha value is -1.53. The van der Waals surface area contributed by atoms with Gasteiger partial charge < -0.3 is 5.11 Å². The molecule has 0 radical (unpaired) electrons. The minimum absolute atomic E-state index is 0.0155. The van der Waals surface area contributed by atoms with Gasteiger partial charge in [0.25, 0.3) is 5.91 Å². The van der Waals surface area contributed by atoms with Crippen molar-refractivity contribution >= 4 is 81.0 Å². The van der Waals surface area contributed by atoms with Crippen LogP contribution in [0.15, 0.2) is 26.7 Å². The molecule has 0 unspecified atom stereocenters. The van der Waals surface area contributed by atoms with Gasteiger partial charge in [0.2, 0.25) is 0 Å².